The van der Waals surface area contributed by atoms with Crippen molar-refractivity contribution < 1.29 is 14.3 Å². The van der Waals surface area contributed by atoms with E-state index in [0.29, 0.717) is 24.7 Å². The Morgan fingerprint density at radius 1 is 1.39 bits per heavy atom. The molecule has 1 rings (SSSR count). The molecule has 1 saturated carbocycles. The Morgan fingerprint density at radius 3 is 2.33 bits per heavy atom. The first kappa shape index (κ1) is 15.0. The zero-order chi connectivity index (χ0) is 13.9. The van der Waals surface area contributed by atoms with Gasteiger partial charge in [0.05, 0.1) is 6.04 Å². The maximum absolute atomic E-state index is 12.0. The molecule has 0 bridgehead atoms. The SMILES string of the molecule is CC[C@@H](NC(=O)OC(C)(C)C)C(=O)CC1CC1C. The van der Waals surface area contributed by atoms with Gasteiger partial charge in [-0.05, 0) is 45.4 Å². The van der Waals surface area contributed by atoms with Crippen LogP contribution in [0.4, 0.5) is 4.79 Å². The van der Waals surface area contributed by atoms with Gasteiger partial charge < -0.3 is 10.1 Å². The molecule has 1 aliphatic rings. The topological polar surface area (TPSA) is 55.4 Å². The molecule has 0 spiro atoms. The van der Waals surface area contributed by atoms with Gasteiger partial charge in [-0.25, -0.2) is 4.79 Å². The second-order valence-corrected chi connectivity index (χ2v) is 6.25. The Hall–Kier alpha value is -1.06. The summed E-state index contributed by atoms with van der Waals surface area (Å²) in [4.78, 5) is 23.6. The first-order valence-electron chi connectivity index (χ1n) is 6.75. The number of ketones is 1. The van der Waals surface area contributed by atoms with E-state index in [4.69, 9.17) is 4.74 Å². The molecule has 0 saturated heterocycles. The van der Waals surface area contributed by atoms with E-state index in [1.54, 1.807) is 20.8 Å². The number of rotatable bonds is 5. The second kappa shape index (κ2) is 5.72. The molecule has 0 aromatic heterocycles. The minimum Gasteiger partial charge on any atom is -0.444 e. The average Bonchev–Trinajstić information content (AvgIpc) is 2.87. The Labute approximate surface area is 109 Å². The highest BCUT2D eigenvalue weighted by Gasteiger charge is 2.36. The molecule has 0 aromatic carbocycles. The second-order valence-electron chi connectivity index (χ2n) is 6.25. The number of ether oxygens (including phenoxy) is 1. The fourth-order valence-electron chi connectivity index (χ4n) is 1.94. The van der Waals surface area contributed by atoms with Gasteiger partial charge in [0, 0.05) is 6.42 Å². The molecule has 1 fully saturated rings. The predicted molar refractivity (Wildman–Crippen MR) is 70.3 cm³/mol. The maximum Gasteiger partial charge on any atom is 0.408 e. The van der Waals surface area contributed by atoms with Crippen molar-refractivity contribution in [3.63, 3.8) is 0 Å². The standard InChI is InChI=1S/C14H25NO3/c1-6-11(12(16)8-10-7-9(10)2)15-13(17)18-14(3,4)5/h9-11H,6-8H2,1-5H3,(H,15,17)/t9?,10?,11-/m1/s1. The molecule has 0 aliphatic heterocycles. The van der Waals surface area contributed by atoms with Crippen LogP contribution >= 0.6 is 0 Å². The summed E-state index contributed by atoms with van der Waals surface area (Å²) in [5.41, 5.74) is -0.531. The van der Waals surface area contributed by atoms with Crippen molar-refractivity contribution in [2.45, 2.75) is 65.5 Å². The zero-order valence-corrected chi connectivity index (χ0v) is 12.1. The maximum atomic E-state index is 12.0. The van der Waals surface area contributed by atoms with Crippen LogP contribution in [0.1, 0.15) is 53.9 Å². The van der Waals surface area contributed by atoms with Crippen LogP contribution in [0.5, 0.6) is 0 Å². The third kappa shape index (κ3) is 5.07. The Kier molecular flexibility index (Phi) is 4.77. The van der Waals surface area contributed by atoms with Gasteiger partial charge in [0.25, 0.3) is 0 Å². The smallest absolute Gasteiger partial charge is 0.408 e. The molecule has 3 atom stereocenters. The van der Waals surface area contributed by atoms with Crippen LogP contribution in [0.15, 0.2) is 0 Å². The van der Waals surface area contributed by atoms with E-state index in [9.17, 15) is 9.59 Å². The van der Waals surface area contributed by atoms with Crippen LogP contribution in [0, 0.1) is 11.8 Å². The number of hydrogen-bond acceptors (Lipinski definition) is 3. The van der Waals surface area contributed by atoms with Crippen LogP contribution in [0.25, 0.3) is 0 Å². The molecule has 0 heterocycles. The molecule has 0 aromatic rings. The molecule has 4 nitrogen and oxygen atoms in total. The minimum absolute atomic E-state index is 0.123. The van der Waals surface area contributed by atoms with Gasteiger partial charge in [0.1, 0.15) is 5.60 Å². The van der Waals surface area contributed by atoms with Gasteiger partial charge in [-0.15, -0.1) is 0 Å². The summed E-state index contributed by atoms with van der Waals surface area (Å²) in [6, 6.07) is -0.410. The van der Waals surface area contributed by atoms with Gasteiger partial charge in [0.2, 0.25) is 0 Å². The van der Waals surface area contributed by atoms with Crippen molar-refractivity contribution in [3.8, 4) is 0 Å². The molecule has 2 unspecified atom stereocenters. The van der Waals surface area contributed by atoms with Crippen LogP contribution in [0.3, 0.4) is 0 Å². The van der Waals surface area contributed by atoms with E-state index in [2.05, 4.69) is 12.2 Å². The molecule has 18 heavy (non-hydrogen) atoms. The molecular weight excluding hydrogens is 230 g/mol. The number of alkyl carbamates (subject to hydrolysis) is 1. The van der Waals surface area contributed by atoms with E-state index < -0.39 is 17.7 Å². The number of Topliss-reactive ketones (excluding diaryl/α,β-unsaturated/α-hetero) is 1. The lowest BCUT2D eigenvalue weighted by molar-refractivity contribution is -0.121. The Morgan fingerprint density at radius 2 is 1.94 bits per heavy atom. The quantitative estimate of drug-likeness (QED) is 0.821. The van der Waals surface area contributed by atoms with Crippen molar-refractivity contribution in [2.24, 2.45) is 11.8 Å². The summed E-state index contributed by atoms with van der Waals surface area (Å²) in [6.45, 7) is 9.47. The van der Waals surface area contributed by atoms with Crippen LogP contribution in [-0.4, -0.2) is 23.5 Å². The number of amides is 1. The van der Waals surface area contributed by atoms with E-state index in [1.807, 2.05) is 6.92 Å². The van der Waals surface area contributed by atoms with E-state index in [1.165, 1.54) is 0 Å². The Balaban J connectivity index is 2.40. The number of hydrogen-bond donors (Lipinski definition) is 1. The fourth-order valence-corrected chi connectivity index (χ4v) is 1.94. The minimum atomic E-state index is -0.531. The van der Waals surface area contributed by atoms with Crippen molar-refractivity contribution in [1.82, 2.24) is 5.32 Å². The first-order chi connectivity index (χ1) is 8.23. The van der Waals surface area contributed by atoms with Crippen molar-refractivity contribution in [3.05, 3.63) is 0 Å². The third-order valence-electron chi connectivity index (χ3n) is 3.23. The number of nitrogens with one attached hydrogen (secondary N) is 1. The highest BCUT2D eigenvalue weighted by Crippen LogP contribution is 2.40. The van der Waals surface area contributed by atoms with Gasteiger partial charge >= 0.3 is 6.09 Å². The van der Waals surface area contributed by atoms with E-state index >= 15 is 0 Å². The summed E-state index contributed by atoms with van der Waals surface area (Å²) in [6.07, 6.45) is 1.81. The summed E-state index contributed by atoms with van der Waals surface area (Å²) >= 11 is 0. The molecule has 4 heteroatoms. The van der Waals surface area contributed by atoms with Crippen molar-refractivity contribution in [2.75, 3.05) is 0 Å². The molecule has 0 radical (unpaired) electrons. The fraction of sp³-hybridized carbons (Fsp3) is 0.857. The average molecular weight is 255 g/mol. The summed E-state index contributed by atoms with van der Waals surface area (Å²) in [5, 5.41) is 2.66. The number of carbonyl (C=O) groups is 2. The largest absolute Gasteiger partial charge is 0.444 e. The molecule has 1 aliphatic carbocycles. The summed E-state index contributed by atoms with van der Waals surface area (Å²) in [5.74, 6) is 1.30. The van der Waals surface area contributed by atoms with E-state index in [-0.39, 0.29) is 5.78 Å². The monoisotopic (exact) mass is 255 g/mol. The summed E-state index contributed by atoms with van der Waals surface area (Å²) in [7, 11) is 0. The van der Waals surface area contributed by atoms with Crippen LogP contribution < -0.4 is 5.32 Å². The summed E-state index contributed by atoms with van der Waals surface area (Å²) < 4.78 is 5.16. The zero-order valence-electron chi connectivity index (χ0n) is 12.1. The van der Waals surface area contributed by atoms with Gasteiger partial charge in [-0.3, -0.25) is 4.79 Å². The van der Waals surface area contributed by atoms with Gasteiger partial charge in [-0.1, -0.05) is 13.8 Å². The van der Waals surface area contributed by atoms with Crippen LogP contribution in [-0.2, 0) is 9.53 Å². The molecule has 1 N–H and O–H groups in total. The Bertz CT molecular complexity index is 319. The first-order valence-corrected chi connectivity index (χ1v) is 6.75. The molecular formula is C14H25NO3. The highest BCUT2D eigenvalue weighted by atomic mass is 16.6. The van der Waals surface area contributed by atoms with Crippen molar-refractivity contribution in [1.29, 1.82) is 0 Å². The highest BCUT2D eigenvalue weighted by molar-refractivity contribution is 5.87. The third-order valence-corrected chi connectivity index (χ3v) is 3.23. The normalized spacial score (nSPS) is 24.3. The lowest BCUT2D eigenvalue weighted by atomic mass is 10.0. The molecule has 1 amide bonds. The van der Waals surface area contributed by atoms with E-state index in [0.717, 1.165) is 6.42 Å². The predicted octanol–water partition coefficient (Wildman–Crippen LogP) is 2.90. The number of carbonyl (C=O) groups excluding carboxylic acids is 2. The van der Waals surface area contributed by atoms with Crippen LogP contribution in [0.2, 0.25) is 0 Å². The molecule has 104 valence electrons. The lowest BCUT2D eigenvalue weighted by Crippen LogP contribution is -2.43. The van der Waals surface area contributed by atoms with Gasteiger partial charge in [-0.2, -0.15) is 0 Å². The lowest BCUT2D eigenvalue weighted by Gasteiger charge is -2.22. The van der Waals surface area contributed by atoms with Gasteiger partial charge in [0.15, 0.2) is 5.78 Å². The van der Waals surface area contributed by atoms with Crippen molar-refractivity contribution >= 4 is 11.9 Å².